The van der Waals surface area contributed by atoms with E-state index in [0.717, 1.165) is 5.69 Å². The zero-order valence-electron chi connectivity index (χ0n) is 6.96. The molecule has 12 heavy (non-hydrogen) atoms. The molecule has 0 saturated heterocycles. The number of thiocarbonyl (C=S) groups is 1. The van der Waals surface area contributed by atoms with Crippen LogP contribution < -0.4 is 11.1 Å². The van der Waals surface area contributed by atoms with Gasteiger partial charge in [0.05, 0.1) is 0 Å². The van der Waals surface area contributed by atoms with Gasteiger partial charge in [0.2, 0.25) is 0 Å². The van der Waals surface area contributed by atoms with Gasteiger partial charge in [0.25, 0.3) is 0 Å². The normalized spacial score (nSPS) is 9.50. The van der Waals surface area contributed by atoms with Crippen LogP contribution in [0.15, 0.2) is 6.07 Å². The van der Waals surface area contributed by atoms with Gasteiger partial charge in [0.15, 0.2) is 5.11 Å². The molecule has 1 aromatic rings. The molecule has 0 bridgehead atoms. The fourth-order valence-electron chi connectivity index (χ4n) is 0.907. The predicted molar refractivity (Wildman–Crippen MR) is 51.9 cm³/mol. The van der Waals surface area contributed by atoms with Crippen LogP contribution in [0.1, 0.15) is 11.5 Å². The molecule has 0 unspecified atom stereocenters. The molecule has 0 aliphatic heterocycles. The van der Waals surface area contributed by atoms with Gasteiger partial charge < -0.3 is 11.1 Å². The van der Waals surface area contributed by atoms with E-state index in [9.17, 15) is 0 Å². The highest BCUT2D eigenvalue weighted by Crippen LogP contribution is 2.04. The van der Waals surface area contributed by atoms with E-state index in [2.05, 4.69) is 27.5 Å². The number of hydrogen-bond acceptors (Lipinski definition) is 3. The Morgan fingerprint density at radius 2 is 2.17 bits per heavy atom. The Kier molecular flexibility index (Phi) is 2.54. The molecule has 0 aliphatic carbocycles. The summed E-state index contributed by atoms with van der Waals surface area (Å²) in [6.45, 7) is 3.71. The zero-order chi connectivity index (χ0) is 9.14. The lowest BCUT2D eigenvalue weighted by Gasteiger charge is -2.03. The highest BCUT2D eigenvalue weighted by Gasteiger charge is 1.97. The molecule has 64 valence electrons. The van der Waals surface area contributed by atoms with Gasteiger partial charge in [-0.15, -0.1) is 0 Å². The molecule has 0 saturated carbocycles. The third kappa shape index (κ3) is 2.43. The predicted octanol–water partition coefficient (Wildman–Crippen LogP) is 0.749. The first-order chi connectivity index (χ1) is 5.58. The van der Waals surface area contributed by atoms with Crippen molar-refractivity contribution in [3.05, 3.63) is 17.6 Å². The second-order valence-electron chi connectivity index (χ2n) is 2.43. The van der Waals surface area contributed by atoms with Crippen LogP contribution in [0.25, 0.3) is 0 Å². The standard InChI is InChI=1S/C7H10N4S/c1-4-3-6(11-7(8)12)10-5(2)9-4/h3H,1-2H3,(H3,8,9,10,11,12). The lowest BCUT2D eigenvalue weighted by Crippen LogP contribution is -2.20. The molecule has 0 spiro atoms. The molecule has 0 fully saturated rings. The van der Waals surface area contributed by atoms with Crippen molar-refractivity contribution in [3.8, 4) is 0 Å². The molecule has 1 heterocycles. The molecule has 1 aromatic heterocycles. The van der Waals surface area contributed by atoms with Crippen LogP contribution in [0.3, 0.4) is 0 Å². The second kappa shape index (κ2) is 3.44. The summed E-state index contributed by atoms with van der Waals surface area (Å²) in [5, 5.41) is 2.96. The minimum Gasteiger partial charge on any atom is -0.376 e. The SMILES string of the molecule is Cc1cc(NC(N)=S)nc(C)n1. The van der Waals surface area contributed by atoms with Crippen LogP contribution in [0.4, 0.5) is 5.82 Å². The third-order valence-corrected chi connectivity index (χ3v) is 1.32. The topological polar surface area (TPSA) is 63.8 Å². The van der Waals surface area contributed by atoms with E-state index in [1.807, 2.05) is 13.8 Å². The Balaban J connectivity index is 2.93. The van der Waals surface area contributed by atoms with Gasteiger partial charge >= 0.3 is 0 Å². The summed E-state index contributed by atoms with van der Waals surface area (Å²) in [4.78, 5) is 8.19. The molecule has 0 amide bonds. The van der Waals surface area contributed by atoms with E-state index in [4.69, 9.17) is 5.73 Å². The summed E-state index contributed by atoms with van der Waals surface area (Å²) in [5.41, 5.74) is 6.17. The number of anilines is 1. The van der Waals surface area contributed by atoms with Crippen molar-refractivity contribution in [2.24, 2.45) is 5.73 Å². The number of aromatic nitrogens is 2. The van der Waals surface area contributed by atoms with Crippen LogP contribution >= 0.6 is 12.2 Å². The Labute approximate surface area is 76.2 Å². The number of rotatable bonds is 1. The number of nitrogens with two attached hydrogens (primary N) is 1. The molecular formula is C7H10N4S. The van der Waals surface area contributed by atoms with Crippen molar-refractivity contribution >= 4 is 23.1 Å². The Morgan fingerprint density at radius 1 is 1.50 bits per heavy atom. The monoisotopic (exact) mass is 182 g/mol. The molecule has 0 aliphatic rings. The van der Waals surface area contributed by atoms with Crippen molar-refractivity contribution in [3.63, 3.8) is 0 Å². The van der Waals surface area contributed by atoms with Crippen LogP contribution in [0.5, 0.6) is 0 Å². The third-order valence-electron chi connectivity index (χ3n) is 1.22. The molecule has 1 rings (SSSR count). The van der Waals surface area contributed by atoms with E-state index < -0.39 is 0 Å². The van der Waals surface area contributed by atoms with Crippen LogP contribution in [0.2, 0.25) is 0 Å². The van der Waals surface area contributed by atoms with Crippen molar-refractivity contribution in [1.29, 1.82) is 0 Å². The Bertz CT molecular complexity index is 290. The lowest BCUT2D eigenvalue weighted by atomic mass is 10.4. The van der Waals surface area contributed by atoms with Gasteiger partial charge in [-0.25, -0.2) is 9.97 Å². The fourth-order valence-corrected chi connectivity index (χ4v) is 1.01. The van der Waals surface area contributed by atoms with Crippen LogP contribution in [-0.4, -0.2) is 15.1 Å². The number of nitrogens with one attached hydrogen (secondary N) is 1. The van der Waals surface area contributed by atoms with Gasteiger partial charge in [-0.2, -0.15) is 0 Å². The van der Waals surface area contributed by atoms with E-state index in [1.165, 1.54) is 0 Å². The highest BCUT2D eigenvalue weighted by molar-refractivity contribution is 7.80. The average Bonchev–Trinajstić information content (AvgIpc) is 1.81. The molecule has 3 N–H and O–H groups in total. The van der Waals surface area contributed by atoms with E-state index in [0.29, 0.717) is 11.6 Å². The molecular weight excluding hydrogens is 172 g/mol. The van der Waals surface area contributed by atoms with Gasteiger partial charge in [-0.1, -0.05) is 0 Å². The first-order valence-electron chi connectivity index (χ1n) is 3.46. The highest BCUT2D eigenvalue weighted by atomic mass is 32.1. The first-order valence-corrected chi connectivity index (χ1v) is 3.87. The lowest BCUT2D eigenvalue weighted by molar-refractivity contribution is 1.02. The fraction of sp³-hybridized carbons (Fsp3) is 0.286. The van der Waals surface area contributed by atoms with Crippen molar-refractivity contribution < 1.29 is 0 Å². The Hall–Kier alpha value is -1.23. The summed E-state index contributed by atoms with van der Waals surface area (Å²) >= 11 is 4.67. The minimum atomic E-state index is 0.215. The molecule has 4 nitrogen and oxygen atoms in total. The molecule has 5 heteroatoms. The van der Waals surface area contributed by atoms with Crippen LogP contribution in [0, 0.1) is 13.8 Å². The van der Waals surface area contributed by atoms with Gasteiger partial charge in [0.1, 0.15) is 11.6 Å². The summed E-state index contributed by atoms with van der Waals surface area (Å²) in [6.07, 6.45) is 0. The molecule has 0 atom stereocenters. The first kappa shape index (κ1) is 8.86. The minimum absolute atomic E-state index is 0.215. The second-order valence-corrected chi connectivity index (χ2v) is 2.87. The largest absolute Gasteiger partial charge is 0.376 e. The summed E-state index contributed by atoms with van der Waals surface area (Å²) in [7, 11) is 0. The van der Waals surface area contributed by atoms with Crippen molar-refractivity contribution in [1.82, 2.24) is 9.97 Å². The number of hydrogen-bond donors (Lipinski definition) is 2. The van der Waals surface area contributed by atoms with Crippen LogP contribution in [-0.2, 0) is 0 Å². The van der Waals surface area contributed by atoms with E-state index in [1.54, 1.807) is 6.07 Å². The maximum atomic E-state index is 5.28. The summed E-state index contributed by atoms with van der Waals surface area (Å²) in [5.74, 6) is 1.35. The maximum Gasteiger partial charge on any atom is 0.169 e. The van der Waals surface area contributed by atoms with Crippen molar-refractivity contribution in [2.45, 2.75) is 13.8 Å². The van der Waals surface area contributed by atoms with E-state index in [-0.39, 0.29) is 5.11 Å². The average molecular weight is 182 g/mol. The molecule has 0 radical (unpaired) electrons. The van der Waals surface area contributed by atoms with E-state index >= 15 is 0 Å². The zero-order valence-corrected chi connectivity index (χ0v) is 7.77. The number of nitrogens with zero attached hydrogens (tertiary/aromatic N) is 2. The van der Waals surface area contributed by atoms with Gasteiger partial charge in [0, 0.05) is 11.8 Å². The van der Waals surface area contributed by atoms with Crippen molar-refractivity contribution in [2.75, 3.05) is 5.32 Å². The Morgan fingerprint density at radius 3 is 2.67 bits per heavy atom. The van der Waals surface area contributed by atoms with Gasteiger partial charge in [-0.05, 0) is 26.1 Å². The smallest absolute Gasteiger partial charge is 0.169 e. The number of aryl methyl sites for hydroxylation is 2. The molecule has 0 aromatic carbocycles. The summed E-state index contributed by atoms with van der Waals surface area (Å²) in [6, 6.07) is 1.78. The van der Waals surface area contributed by atoms with Gasteiger partial charge in [-0.3, -0.25) is 0 Å². The quantitative estimate of drug-likeness (QED) is 0.627. The maximum absolute atomic E-state index is 5.28. The summed E-state index contributed by atoms with van der Waals surface area (Å²) < 4.78 is 0.